The number of hydrogen-bond acceptors (Lipinski definition) is 4. The summed E-state index contributed by atoms with van der Waals surface area (Å²) >= 11 is 0. The maximum atomic E-state index is 9.14. The van der Waals surface area contributed by atoms with Gasteiger partial charge in [-0.25, -0.2) is 0 Å². The summed E-state index contributed by atoms with van der Waals surface area (Å²) in [6.45, 7) is 0.891. The van der Waals surface area contributed by atoms with Gasteiger partial charge in [0.05, 0.1) is 0 Å². The highest BCUT2D eigenvalue weighted by molar-refractivity contribution is 5.30. The van der Waals surface area contributed by atoms with Crippen LogP contribution < -0.4 is 10.5 Å². The molecule has 0 aliphatic rings. The summed E-state index contributed by atoms with van der Waals surface area (Å²) < 4.78 is 5.58. The molecule has 0 saturated carbocycles. The summed E-state index contributed by atoms with van der Waals surface area (Å²) in [6, 6.07) is 8.49. The van der Waals surface area contributed by atoms with Gasteiger partial charge in [0.1, 0.15) is 18.1 Å². The van der Waals surface area contributed by atoms with Gasteiger partial charge < -0.3 is 15.6 Å². The fourth-order valence-corrected chi connectivity index (χ4v) is 1.49. The van der Waals surface area contributed by atoms with Crippen LogP contribution in [0.15, 0.2) is 42.7 Å². The van der Waals surface area contributed by atoms with E-state index in [1.165, 1.54) is 0 Å². The van der Waals surface area contributed by atoms with Crippen molar-refractivity contribution in [1.82, 2.24) is 4.98 Å². The van der Waals surface area contributed by atoms with Gasteiger partial charge in [-0.05, 0) is 35.9 Å². The van der Waals surface area contributed by atoms with Gasteiger partial charge in [0, 0.05) is 24.5 Å². The van der Waals surface area contributed by atoms with Crippen molar-refractivity contribution in [2.45, 2.75) is 13.2 Å². The van der Waals surface area contributed by atoms with E-state index in [0.29, 0.717) is 18.9 Å². The molecule has 0 unspecified atom stereocenters. The van der Waals surface area contributed by atoms with E-state index < -0.39 is 0 Å². The van der Waals surface area contributed by atoms with Crippen molar-refractivity contribution >= 4 is 0 Å². The van der Waals surface area contributed by atoms with Crippen LogP contribution in [0.2, 0.25) is 0 Å². The standard InChI is InChI=1S/C13H14N2O2/c14-7-10-5-6-15-8-11(10)9-17-13-3-1-12(16)2-4-13/h1-6,8,16H,7,9,14H2. The van der Waals surface area contributed by atoms with E-state index in [1.807, 2.05) is 6.07 Å². The van der Waals surface area contributed by atoms with E-state index in [2.05, 4.69) is 4.98 Å². The molecule has 2 aromatic rings. The molecule has 1 aromatic carbocycles. The van der Waals surface area contributed by atoms with Crippen molar-refractivity contribution < 1.29 is 9.84 Å². The molecule has 0 fully saturated rings. The third kappa shape index (κ3) is 2.95. The lowest BCUT2D eigenvalue weighted by molar-refractivity contribution is 0.304. The minimum absolute atomic E-state index is 0.223. The number of aromatic hydroxyl groups is 1. The van der Waals surface area contributed by atoms with Crippen LogP contribution in [0.4, 0.5) is 0 Å². The van der Waals surface area contributed by atoms with Crippen LogP contribution >= 0.6 is 0 Å². The van der Waals surface area contributed by atoms with E-state index in [9.17, 15) is 0 Å². The Hall–Kier alpha value is -2.07. The van der Waals surface area contributed by atoms with E-state index in [4.69, 9.17) is 15.6 Å². The quantitative estimate of drug-likeness (QED) is 0.840. The van der Waals surface area contributed by atoms with Crippen molar-refractivity contribution in [2.75, 3.05) is 0 Å². The molecule has 0 saturated heterocycles. The van der Waals surface area contributed by atoms with Crippen LogP contribution in [0, 0.1) is 0 Å². The predicted octanol–water partition coefficient (Wildman–Crippen LogP) is 1.82. The fraction of sp³-hybridized carbons (Fsp3) is 0.154. The number of phenols is 1. The van der Waals surface area contributed by atoms with E-state index >= 15 is 0 Å². The first-order valence-electron chi connectivity index (χ1n) is 5.33. The second-order valence-corrected chi connectivity index (χ2v) is 3.63. The zero-order valence-electron chi connectivity index (χ0n) is 9.34. The molecule has 0 bridgehead atoms. The molecule has 1 heterocycles. The van der Waals surface area contributed by atoms with Gasteiger partial charge in [0.15, 0.2) is 0 Å². The summed E-state index contributed by atoms with van der Waals surface area (Å²) in [7, 11) is 0. The zero-order chi connectivity index (χ0) is 12.1. The first kappa shape index (κ1) is 11.4. The molecule has 0 amide bonds. The smallest absolute Gasteiger partial charge is 0.120 e. The molecule has 3 N–H and O–H groups in total. The van der Waals surface area contributed by atoms with E-state index in [0.717, 1.165) is 11.1 Å². The molecule has 0 aliphatic carbocycles. The highest BCUT2D eigenvalue weighted by Crippen LogP contribution is 2.17. The van der Waals surface area contributed by atoms with Crippen LogP contribution in [-0.4, -0.2) is 10.1 Å². The van der Waals surface area contributed by atoms with Crippen molar-refractivity contribution in [3.05, 3.63) is 53.9 Å². The second-order valence-electron chi connectivity index (χ2n) is 3.63. The number of rotatable bonds is 4. The Labute approximate surface area is 99.7 Å². The highest BCUT2D eigenvalue weighted by Gasteiger charge is 2.01. The van der Waals surface area contributed by atoms with E-state index in [1.54, 1.807) is 36.7 Å². The Balaban J connectivity index is 2.04. The molecule has 0 aliphatic heterocycles. The average molecular weight is 230 g/mol. The van der Waals surface area contributed by atoms with Crippen LogP contribution in [0.5, 0.6) is 11.5 Å². The van der Waals surface area contributed by atoms with Gasteiger partial charge in [-0.2, -0.15) is 0 Å². The Morgan fingerprint density at radius 3 is 2.59 bits per heavy atom. The second kappa shape index (κ2) is 5.32. The maximum Gasteiger partial charge on any atom is 0.120 e. The van der Waals surface area contributed by atoms with Crippen LogP contribution in [-0.2, 0) is 13.2 Å². The van der Waals surface area contributed by atoms with Gasteiger partial charge in [-0.15, -0.1) is 0 Å². The Morgan fingerprint density at radius 2 is 1.88 bits per heavy atom. The summed E-state index contributed by atoms with van der Waals surface area (Å²) in [5, 5.41) is 9.14. The lowest BCUT2D eigenvalue weighted by Gasteiger charge is -2.09. The van der Waals surface area contributed by atoms with Gasteiger partial charge in [-0.3, -0.25) is 4.98 Å². The van der Waals surface area contributed by atoms with Gasteiger partial charge >= 0.3 is 0 Å². The molecule has 88 valence electrons. The van der Waals surface area contributed by atoms with Gasteiger partial charge in [0.2, 0.25) is 0 Å². The normalized spacial score (nSPS) is 10.2. The molecule has 0 radical (unpaired) electrons. The minimum atomic E-state index is 0.223. The van der Waals surface area contributed by atoms with Crippen LogP contribution in [0.1, 0.15) is 11.1 Å². The number of phenolic OH excluding ortho intramolecular Hbond substituents is 1. The number of benzene rings is 1. The summed E-state index contributed by atoms with van der Waals surface area (Å²) in [6.07, 6.45) is 3.47. The largest absolute Gasteiger partial charge is 0.508 e. The minimum Gasteiger partial charge on any atom is -0.508 e. The number of aromatic nitrogens is 1. The lowest BCUT2D eigenvalue weighted by Crippen LogP contribution is -2.05. The topological polar surface area (TPSA) is 68.4 Å². The predicted molar refractivity (Wildman–Crippen MR) is 64.6 cm³/mol. The number of pyridine rings is 1. The molecule has 4 heteroatoms. The van der Waals surface area contributed by atoms with E-state index in [-0.39, 0.29) is 5.75 Å². The first-order valence-corrected chi connectivity index (χ1v) is 5.33. The molecular weight excluding hydrogens is 216 g/mol. The molecule has 17 heavy (non-hydrogen) atoms. The third-order valence-corrected chi connectivity index (χ3v) is 2.46. The number of hydrogen-bond donors (Lipinski definition) is 2. The average Bonchev–Trinajstić information content (AvgIpc) is 2.38. The summed E-state index contributed by atoms with van der Waals surface area (Å²) in [5.74, 6) is 0.927. The van der Waals surface area contributed by atoms with Crippen molar-refractivity contribution in [3.63, 3.8) is 0 Å². The highest BCUT2D eigenvalue weighted by atomic mass is 16.5. The first-order chi connectivity index (χ1) is 8.29. The molecule has 4 nitrogen and oxygen atoms in total. The number of nitrogens with zero attached hydrogens (tertiary/aromatic N) is 1. The Morgan fingerprint density at radius 1 is 1.12 bits per heavy atom. The molecule has 0 atom stereocenters. The molecule has 0 spiro atoms. The zero-order valence-corrected chi connectivity index (χ0v) is 9.34. The van der Waals surface area contributed by atoms with Crippen molar-refractivity contribution in [1.29, 1.82) is 0 Å². The van der Waals surface area contributed by atoms with Crippen molar-refractivity contribution in [2.24, 2.45) is 5.73 Å². The lowest BCUT2D eigenvalue weighted by atomic mass is 10.1. The third-order valence-electron chi connectivity index (χ3n) is 2.46. The summed E-state index contributed by atoms with van der Waals surface area (Å²) in [5.41, 5.74) is 7.62. The monoisotopic (exact) mass is 230 g/mol. The molecule has 1 aromatic heterocycles. The Kier molecular flexibility index (Phi) is 3.57. The maximum absolute atomic E-state index is 9.14. The van der Waals surface area contributed by atoms with Crippen LogP contribution in [0.3, 0.4) is 0 Å². The van der Waals surface area contributed by atoms with Gasteiger partial charge in [0.25, 0.3) is 0 Å². The SMILES string of the molecule is NCc1ccncc1COc1ccc(O)cc1. The molecule has 2 rings (SSSR count). The van der Waals surface area contributed by atoms with Crippen LogP contribution in [0.25, 0.3) is 0 Å². The number of nitrogens with two attached hydrogens (primary N) is 1. The number of ether oxygens (including phenoxy) is 1. The van der Waals surface area contributed by atoms with Crippen molar-refractivity contribution in [3.8, 4) is 11.5 Å². The Bertz CT molecular complexity index is 483. The molecular formula is C13H14N2O2. The summed E-state index contributed by atoms with van der Waals surface area (Å²) in [4.78, 5) is 4.04. The van der Waals surface area contributed by atoms with Gasteiger partial charge in [-0.1, -0.05) is 0 Å². The fourth-order valence-electron chi connectivity index (χ4n) is 1.49.